The highest BCUT2D eigenvalue weighted by Gasteiger charge is 2.54. The van der Waals surface area contributed by atoms with Crippen LogP contribution in [0.3, 0.4) is 0 Å². The average molecular weight is 376 g/mol. The number of fused-ring (bicyclic) bond motifs is 1. The monoisotopic (exact) mass is 376 g/mol. The molecule has 3 aliphatic heterocycles. The van der Waals surface area contributed by atoms with E-state index in [0.29, 0.717) is 49.4 Å². The van der Waals surface area contributed by atoms with Crippen LogP contribution in [0.4, 0.5) is 4.39 Å². The van der Waals surface area contributed by atoms with Gasteiger partial charge in [0.1, 0.15) is 22.8 Å². The number of rotatable bonds is 1. The maximum absolute atomic E-state index is 15.7. The Morgan fingerprint density at radius 1 is 1.07 bits per heavy atom. The molecular weight excluding hydrogens is 350 g/mol. The van der Waals surface area contributed by atoms with Crippen molar-refractivity contribution in [3.8, 4) is 11.5 Å². The standard InChI is InChI=1S/C20H26BFO5/c1-18(2)19(3,4)27-21(26-18)17(22)15-12-20(7-9-24-10-8-20)25-16-6-5-13(23)11-14(15)16/h5-6,11,23H,7-10,12H2,1-4H3. The van der Waals surface area contributed by atoms with E-state index in [4.69, 9.17) is 18.8 Å². The zero-order chi connectivity index (χ0) is 19.4. The first-order chi connectivity index (χ1) is 12.6. The van der Waals surface area contributed by atoms with Gasteiger partial charge in [-0.15, -0.1) is 0 Å². The molecule has 3 aliphatic rings. The number of benzene rings is 1. The van der Waals surface area contributed by atoms with Crippen molar-refractivity contribution in [3.63, 3.8) is 0 Å². The Hall–Kier alpha value is -1.57. The lowest BCUT2D eigenvalue weighted by Gasteiger charge is -2.42. The first kappa shape index (κ1) is 18.8. The van der Waals surface area contributed by atoms with Crippen molar-refractivity contribution < 1.29 is 28.3 Å². The van der Waals surface area contributed by atoms with Gasteiger partial charge in [0.05, 0.1) is 24.4 Å². The smallest absolute Gasteiger partial charge is 0.508 e. The molecule has 146 valence electrons. The van der Waals surface area contributed by atoms with Gasteiger partial charge in [-0.05, 0) is 51.5 Å². The van der Waals surface area contributed by atoms with Gasteiger partial charge in [0.2, 0.25) is 0 Å². The fraction of sp³-hybridized carbons (Fsp3) is 0.600. The van der Waals surface area contributed by atoms with Crippen molar-refractivity contribution in [2.24, 2.45) is 0 Å². The number of halogens is 1. The molecule has 7 heteroatoms. The zero-order valence-electron chi connectivity index (χ0n) is 16.3. The summed E-state index contributed by atoms with van der Waals surface area (Å²) < 4.78 is 39.3. The van der Waals surface area contributed by atoms with Crippen molar-refractivity contribution in [1.29, 1.82) is 0 Å². The molecule has 0 atom stereocenters. The SMILES string of the molecule is CC1(C)OB(C(F)=C2CC3(CCOCC3)Oc3ccc(O)cc32)OC1(C)C. The topological polar surface area (TPSA) is 57.2 Å². The number of phenols is 1. The second-order valence-corrected chi connectivity index (χ2v) is 8.67. The van der Waals surface area contributed by atoms with Crippen molar-refractivity contribution in [1.82, 2.24) is 0 Å². The Kier molecular flexibility index (Phi) is 4.33. The Morgan fingerprint density at radius 2 is 1.70 bits per heavy atom. The molecule has 0 aromatic heterocycles. The summed E-state index contributed by atoms with van der Waals surface area (Å²) in [7, 11) is -1.07. The molecule has 4 rings (SSSR count). The van der Waals surface area contributed by atoms with Crippen LogP contribution >= 0.6 is 0 Å². The van der Waals surface area contributed by atoms with E-state index in [2.05, 4.69) is 0 Å². The maximum atomic E-state index is 15.7. The van der Waals surface area contributed by atoms with Crippen LogP contribution in [0.1, 0.15) is 52.5 Å². The molecule has 1 aromatic rings. The van der Waals surface area contributed by atoms with Crippen LogP contribution in [0.15, 0.2) is 23.9 Å². The van der Waals surface area contributed by atoms with Gasteiger partial charge in [0.25, 0.3) is 0 Å². The highest BCUT2D eigenvalue weighted by atomic mass is 19.1. The summed E-state index contributed by atoms with van der Waals surface area (Å²) in [4.78, 5) is 0. The molecule has 1 spiro atoms. The molecule has 0 aliphatic carbocycles. The van der Waals surface area contributed by atoms with E-state index in [1.807, 2.05) is 27.7 Å². The predicted molar refractivity (Wildman–Crippen MR) is 100 cm³/mol. The van der Waals surface area contributed by atoms with Crippen molar-refractivity contribution in [3.05, 3.63) is 29.5 Å². The summed E-state index contributed by atoms with van der Waals surface area (Å²) in [6, 6.07) is 4.79. The van der Waals surface area contributed by atoms with Crippen LogP contribution < -0.4 is 4.74 Å². The minimum atomic E-state index is -1.07. The quantitative estimate of drug-likeness (QED) is 0.750. The van der Waals surface area contributed by atoms with Crippen LogP contribution in [0.5, 0.6) is 11.5 Å². The highest BCUT2D eigenvalue weighted by Crippen LogP contribution is 2.49. The number of ether oxygens (including phenoxy) is 2. The Morgan fingerprint density at radius 3 is 2.33 bits per heavy atom. The minimum Gasteiger partial charge on any atom is -0.508 e. The van der Waals surface area contributed by atoms with Crippen LogP contribution in [-0.4, -0.2) is 42.2 Å². The number of hydrogen-bond acceptors (Lipinski definition) is 5. The van der Waals surface area contributed by atoms with Gasteiger partial charge in [-0.2, -0.15) is 0 Å². The molecule has 0 bridgehead atoms. The molecule has 2 saturated heterocycles. The summed E-state index contributed by atoms with van der Waals surface area (Å²) in [6.45, 7) is 8.75. The average Bonchev–Trinajstić information content (AvgIpc) is 2.82. The van der Waals surface area contributed by atoms with Gasteiger partial charge in [0.15, 0.2) is 0 Å². The van der Waals surface area contributed by atoms with E-state index < -0.39 is 29.6 Å². The van der Waals surface area contributed by atoms with Gasteiger partial charge in [-0.25, -0.2) is 4.39 Å². The van der Waals surface area contributed by atoms with Crippen LogP contribution in [0.2, 0.25) is 0 Å². The van der Waals surface area contributed by atoms with E-state index in [1.165, 1.54) is 0 Å². The normalized spacial score (nSPS) is 27.2. The molecule has 0 amide bonds. The van der Waals surface area contributed by atoms with Gasteiger partial charge in [0, 0.05) is 24.8 Å². The Bertz CT molecular complexity index is 767. The summed E-state index contributed by atoms with van der Waals surface area (Å²) in [5.74, 6) is 0.641. The Labute approximate surface area is 159 Å². The third kappa shape index (κ3) is 3.16. The van der Waals surface area contributed by atoms with E-state index in [1.54, 1.807) is 18.2 Å². The van der Waals surface area contributed by atoms with Crippen molar-refractivity contribution in [2.75, 3.05) is 13.2 Å². The summed E-state index contributed by atoms with van der Waals surface area (Å²) in [5.41, 5.74) is -1.17. The Balaban J connectivity index is 1.78. The minimum absolute atomic E-state index is 0.0690. The van der Waals surface area contributed by atoms with Crippen LogP contribution in [-0.2, 0) is 14.0 Å². The molecule has 0 radical (unpaired) electrons. The lowest BCUT2D eigenvalue weighted by molar-refractivity contribution is -0.0462. The molecule has 0 unspecified atom stereocenters. The van der Waals surface area contributed by atoms with Crippen LogP contribution in [0.25, 0.3) is 5.57 Å². The third-order valence-electron chi connectivity index (χ3n) is 6.27. The van der Waals surface area contributed by atoms with Gasteiger partial charge in [-0.1, -0.05) is 0 Å². The molecule has 27 heavy (non-hydrogen) atoms. The number of hydrogen-bond donors (Lipinski definition) is 1. The fourth-order valence-corrected chi connectivity index (χ4v) is 3.85. The second-order valence-electron chi connectivity index (χ2n) is 8.67. The molecule has 5 nitrogen and oxygen atoms in total. The van der Waals surface area contributed by atoms with Gasteiger partial charge in [-0.3, -0.25) is 0 Å². The molecule has 1 N–H and O–H groups in total. The van der Waals surface area contributed by atoms with E-state index in [-0.39, 0.29) is 5.75 Å². The van der Waals surface area contributed by atoms with Gasteiger partial charge < -0.3 is 23.9 Å². The third-order valence-corrected chi connectivity index (χ3v) is 6.27. The maximum Gasteiger partial charge on any atom is 0.525 e. The molecular formula is C20H26BFO5. The largest absolute Gasteiger partial charge is 0.525 e. The van der Waals surface area contributed by atoms with Crippen LogP contribution in [0, 0.1) is 0 Å². The van der Waals surface area contributed by atoms with E-state index >= 15 is 4.39 Å². The molecule has 2 fully saturated rings. The van der Waals surface area contributed by atoms with E-state index in [0.717, 1.165) is 0 Å². The fourth-order valence-electron chi connectivity index (χ4n) is 3.85. The van der Waals surface area contributed by atoms with Gasteiger partial charge >= 0.3 is 7.12 Å². The predicted octanol–water partition coefficient (Wildman–Crippen LogP) is 4.04. The lowest BCUT2D eigenvalue weighted by Crippen LogP contribution is -2.44. The van der Waals surface area contributed by atoms with Crippen molar-refractivity contribution >= 4 is 12.7 Å². The summed E-state index contributed by atoms with van der Waals surface area (Å²) in [5, 5.41) is 9.94. The second kappa shape index (κ2) is 6.22. The summed E-state index contributed by atoms with van der Waals surface area (Å²) in [6.07, 6.45) is 1.77. The first-order valence-corrected chi connectivity index (χ1v) is 9.47. The zero-order valence-corrected chi connectivity index (χ0v) is 16.3. The molecule has 1 aromatic carbocycles. The summed E-state index contributed by atoms with van der Waals surface area (Å²) >= 11 is 0. The highest BCUT2D eigenvalue weighted by molar-refractivity contribution is 6.55. The first-order valence-electron chi connectivity index (χ1n) is 9.47. The lowest BCUT2D eigenvalue weighted by atomic mass is 9.75. The van der Waals surface area contributed by atoms with Crippen molar-refractivity contribution in [2.45, 2.75) is 63.8 Å². The number of aromatic hydroxyl groups is 1. The number of phenolic OH excluding ortho intramolecular Hbond substituents is 1. The molecule has 0 saturated carbocycles. The molecule has 3 heterocycles. The van der Waals surface area contributed by atoms with E-state index in [9.17, 15) is 5.11 Å².